The first-order valence-electron chi connectivity index (χ1n) is 5.86. The molecule has 15 heavy (non-hydrogen) atoms. The fourth-order valence-corrected chi connectivity index (χ4v) is 1.81. The van der Waals surface area contributed by atoms with Crippen LogP contribution in [0.1, 0.15) is 44.9 Å². The summed E-state index contributed by atoms with van der Waals surface area (Å²) in [4.78, 5) is 0. The molecule has 0 spiro atoms. The Kier molecular flexibility index (Phi) is 5.26. The summed E-state index contributed by atoms with van der Waals surface area (Å²) in [6, 6.07) is 0.0127. The van der Waals surface area contributed by atoms with E-state index in [-0.39, 0.29) is 6.04 Å². The first kappa shape index (κ1) is 12.1. The quantitative estimate of drug-likeness (QED) is 0.532. The van der Waals surface area contributed by atoms with Crippen LogP contribution >= 0.6 is 0 Å². The van der Waals surface area contributed by atoms with Gasteiger partial charge in [0.15, 0.2) is 0 Å². The van der Waals surface area contributed by atoms with Crippen molar-refractivity contribution >= 4 is 0 Å². The molecule has 0 aromatic heterocycles. The molecule has 3 heteroatoms. The molecule has 3 nitrogen and oxygen atoms in total. The summed E-state index contributed by atoms with van der Waals surface area (Å²) in [6.07, 6.45) is 13.0. The van der Waals surface area contributed by atoms with Gasteiger partial charge in [0, 0.05) is 17.4 Å². The molecule has 0 aromatic rings. The van der Waals surface area contributed by atoms with E-state index in [1.807, 2.05) is 0 Å². The van der Waals surface area contributed by atoms with Gasteiger partial charge in [0.25, 0.3) is 0 Å². The van der Waals surface area contributed by atoms with E-state index in [4.69, 9.17) is 17.2 Å². The molecular formula is C12H23N3. The van der Waals surface area contributed by atoms with Crippen molar-refractivity contribution in [1.29, 1.82) is 0 Å². The molecular weight excluding hydrogens is 186 g/mol. The van der Waals surface area contributed by atoms with E-state index >= 15 is 0 Å². The third-order valence-electron chi connectivity index (χ3n) is 2.89. The van der Waals surface area contributed by atoms with Gasteiger partial charge in [-0.15, -0.1) is 0 Å². The van der Waals surface area contributed by atoms with Crippen molar-refractivity contribution < 1.29 is 0 Å². The fraction of sp³-hybridized carbons (Fsp3) is 0.667. The van der Waals surface area contributed by atoms with Crippen LogP contribution in [0, 0.1) is 0 Å². The van der Waals surface area contributed by atoms with Gasteiger partial charge >= 0.3 is 0 Å². The van der Waals surface area contributed by atoms with Crippen LogP contribution in [0.3, 0.4) is 0 Å². The summed E-state index contributed by atoms with van der Waals surface area (Å²) in [5.41, 5.74) is 18.2. The van der Waals surface area contributed by atoms with Gasteiger partial charge in [0.1, 0.15) is 0 Å². The van der Waals surface area contributed by atoms with Crippen LogP contribution < -0.4 is 17.2 Å². The van der Waals surface area contributed by atoms with Crippen molar-refractivity contribution in [2.24, 2.45) is 17.2 Å². The third kappa shape index (κ3) is 4.38. The Balaban J connectivity index is 0.000000162. The van der Waals surface area contributed by atoms with Crippen LogP contribution in [0.4, 0.5) is 0 Å². The molecule has 0 bridgehead atoms. The van der Waals surface area contributed by atoms with Gasteiger partial charge in [-0.2, -0.15) is 0 Å². The predicted octanol–water partition coefficient (Wildman–Crippen LogP) is 1.74. The van der Waals surface area contributed by atoms with Crippen molar-refractivity contribution in [3.8, 4) is 0 Å². The fourth-order valence-electron chi connectivity index (χ4n) is 1.81. The maximum Gasteiger partial charge on any atom is 0.0460 e. The molecule has 0 amide bonds. The van der Waals surface area contributed by atoms with Crippen molar-refractivity contribution in [2.75, 3.05) is 0 Å². The lowest BCUT2D eigenvalue weighted by Crippen LogP contribution is -2.33. The lowest BCUT2D eigenvalue weighted by Gasteiger charge is -2.19. The highest BCUT2D eigenvalue weighted by atomic mass is 14.8. The SMILES string of the molecule is C1=CCCCC1.NC1=C(N)[C@H](N)CCC1. The molecule has 0 saturated heterocycles. The first-order valence-corrected chi connectivity index (χ1v) is 5.86. The zero-order valence-electron chi connectivity index (χ0n) is 9.41. The third-order valence-corrected chi connectivity index (χ3v) is 2.89. The zero-order chi connectivity index (χ0) is 11.1. The molecule has 86 valence electrons. The Morgan fingerprint density at radius 3 is 1.93 bits per heavy atom. The van der Waals surface area contributed by atoms with E-state index in [2.05, 4.69) is 12.2 Å². The zero-order valence-corrected chi connectivity index (χ0v) is 9.41. The summed E-state index contributed by atoms with van der Waals surface area (Å²) in [6.45, 7) is 0. The minimum atomic E-state index is 0.0127. The summed E-state index contributed by atoms with van der Waals surface area (Å²) in [5.74, 6) is 0. The van der Waals surface area contributed by atoms with Crippen LogP contribution in [0.25, 0.3) is 0 Å². The van der Waals surface area contributed by atoms with Gasteiger partial charge in [-0.25, -0.2) is 0 Å². The molecule has 2 aliphatic rings. The Morgan fingerprint density at radius 2 is 1.60 bits per heavy atom. The lowest BCUT2D eigenvalue weighted by molar-refractivity contribution is 0.585. The largest absolute Gasteiger partial charge is 0.401 e. The van der Waals surface area contributed by atoms with Crippen LogP contribution in [0.15, 0.2) is 23.5 Å². The van der Waals surface area contributed by atoms with E-state index in [1.165, 1.54) is 25.7 Å². The molecule has 2 rings (SSSR count). The molecule has 0 heterocycles. The van der Waals surface area contributed by atoms with Gasteiger partial charge in [-0.3, -0.25) is 0 Å². The number of nitrogens with two attached hydrogens (primary N) is 3. The molecule has 1 atom stereocenters. The molecule has 0 radical (unpaired) electrons. The molecule has 2 aliphatic carbocycles. The smallest absolute Gasteiger partial charge is 0.0460 e. The second-order valence-electron chi connectivity index (χ2n) is 4.24. The number of hydrogen-bond acceptors (Lipinski definition) is 3. The maximum atomic E-state index is 5.61. The second kappa shape index (κ2) is 6.51. The predicted molar refractivity (Wildman–Crippen MR) is 64.8 cm³/mol. The lowest BCUT2D eigenvalue weighted by atomic mass is 9.98. The molecule has 0 unspecified atom stereocenters. The molecule has 0 saturated carbocycles. The van der Waals surface area contributed by atoms with Gasteiger partial charge < -0.3 is 17.2 Å². The second-order valence-corrected chi connectivity index (χ2v) is 4.24. The maximum absolute atomic E-state index is 5.61. The van der Waals surface area contributed by atoms with Crippen LogP contribution in [0.2, 0.25) is 0 Å². The highest BCUT2D eigenvalue weighted by molar-refractivity contribution is 5.16. The minimum absolute atomic E-state index is 0.0127. The molecule has 0 aromatic carbocycles. The monoisotopic (exact) mass is 209 g/mol. The van der Waals surface area contributed by atoms with Crippen molar-refractivity contribution in [2.45, 2.75) is 51.0 Å². The minimum Gasteiger partial charge on any atom is -0.401 e. The Labute approximate surface area is 92.4 Å². The summed E-state index contributed by atoms with van der Waals surface area (Å²) < 4.78 is 0. The van der Waals surface area contributed by atoms with Gasteiger partial charge in [0.05, 0.1) is 0 Å². The van der Waals surface area contributed by atoms with Crippen LogP contribution in [0.5, 0.6) is 0 Å². The van der Waals surface area contributed by atoms with Crippen molar-refractivity contribution in [3.05, 3.63) is 23.5 Å². The number of rotatable bonds is 0. The normalized spacial score (nSPS) is 25.8. The average molecular weight is 209 g/mol. The van der Waals surface area contributed by atoms with E-state index in [0.717, 1.165) is 25.0 Å². The summed E-state index contributed by atoms with van der Waals surface area (Å²) in [7, 11) is 0. The van der Waals surface area contributed by atoms with Gasteiger partial charge in [-0.05, 0) is 44.9 Å². The van der Waals surface area contributed by atoms with E-state index in [9.17, 15) is 0 Å². The van der Waals surface area contributed by atoms with Crippen LogP contribution in [-0.2, 0) is 0 Å². The summed E-state index contributed by atoms with van der Waals surface area (Å²) >= 11 is 0. The Morgan fingerprint density at radius 1 is 1.00 bits per heavy atom. The summed E-state index contributed by atoms with van der Waals surface area (Å²) in [5, 5.41) is 0. The van der Waals surface area contributed by atoms with Gasteiger partial charge in [0.2, 0.25) is 0 Å². The van der Waals surface area contributed by atoms with Crippen molar-refractivity contribution in [3.63, 3.8) is 0 Å². The van der Waals surface area contributed by atoms with E-state index in [0.29, 0.717) is 5.70 Å². The Hall–Kier alpha value is -0.960. The molecule has 6 N–H and O–H groups in total. The molecule has 0 fully saturated rings. The standard InChI is InChI=1S/C6H13N3.C6H10/c7-4-2-1-3-5(8)6(4)9;1-2-4-6-5-3-1/h4H,1-3,7-9H2;1-2H,3-6H2/t4-;/m1./s1. The molecule has 0 aliphatic heterocycles. The van der Waals surface area contributed by atoms with E-state index < -0.39 is 0 Å². The first-order chi connectivity index (χ1) is 7.22. The number of hydrogen-bond donors (Lipinski definition) is 3. The number of allylic oxidation sites excluding steroid dienone is 3. The van der Waals surface area contributed by atoms with Crippen LogP contribution in [-0.4, -0.2) is 6.04 Å². The van der Waals surface area contributed by atoms with Crippen molar-refractivity contribution in [1.82, 2.24) is 0 Å². The highest BCUT2D eigenvalue weighted by Gasteiger charge is 2.14. The van der Waals surface area contributed by atoms with E-state index in [1.54, 1.807) is 0 Å². The van der Waals surface area contributed by atoms with Gasteiger partial charge in [-0.1, -0.05) is 12.2 Å². The topological polar surface area (TPSA) is 78.1 Å². The average Bonchev–Trinajstić information content (AvgIpc) is 2.29. The Bertz CT molecular complexity index is 235. The highest BCUT2D eigenvalue weighted by Crippen LogP contribution is 2.16.